The number of aromatic nitrogens is 2. The highest BCUT2D eigenvalue weighted by Gasteiger charge is 2.02. The van der Waals surface area contributed by atoms with Crippen molar-refractivity contribution in [2.24, 2.45) is 0 Å². The fourth-order valence-electron chi connectivity index (χ4n) is 2.04. The summed E-state index contributed by atoms with van der Waals surface area (Å²) in [7, 11) is 0. The Hall–Kier alpha value is -2.74. The maximum Gasteiger partial charge on any atom is 0.0886 e. The van der Waals surface area contributed by atoms with E-state index in [1.165, 1.54) is 0 Å². The molecule has 0 fully saturated rings. The first-order valence-corrected chi connectivity index (χ1v) is 6.47. The molecule has 0 unspecified atom stereocenters. The molecular formula is C18H14N2. The van der Waals surface area contributed by atoms with E-state index in [1.54, 1.807) is 6.20 Å². The molecule has 2 nitrogen and oxygen atoms in total. The molecular weight excluding hydrogens is 244 g/mol. The van der Waals surface area contributed by atoms with E-state index < -0.39 is 0 Å². The molecule has 0 bridgehead atoms. The fourth-order valence-corrected chi connectivity index (χ4v) is 2.04. The van der Waals surface area contributed by atoms with Gasteiger partial charge in [-0.05, 0) is 29.3 Å². The summed E-state index contributed by atoms with van der Waals surface area (Å²) in [6.07, 6.45) is 5.50. The first kappa shape index (κ1) is 12.3. The summed E-state index contributed by atoms with van der Waals surface area (Å²) in [6.45, 7) is 3.76. The first-order valence-electron chi connectivity index (χ1n) is 6.47. The van der Waals surface area contributed by atoms with Crippen LogP contribution >= 0.6 is 0 Å². The standard InChI is InChI=1S/C18H14N2/c1-2-14-6-8-15(9-7-14)16-10-11-18(20-13-16)17-5-3-4-12-19-17/h2-13H,1H2. The third kappa shape index (κ3) is 2.50. The first-order chi connectivity index (χ1) is 9.86. The molecule has 2 aromatic heterocycles. The van der Waals surface area contributed by atoms with Crippen molar-refractivity contribution < 1.29 is 0 Å². The van der Waals surface area contributed by atoms with Crippen molar-refractivity contribution in [2.45, 2.75) is 0 Å². The highest BCUT2D eigenvalue weighted by molar-refractivity contribution is 5.67. The van der Waals surface area contributed by atoms with Gasteiger partial charge in [-0.15, -0.1) is 0 Å². The van der Waals surface area contributed by atoms with Crippen LogP contribution in [0.15, 0.2) is 73.6 Å². The molecule has 0 saturated heterocycles. The van der Waals surface area contributed by atoms with Crippen LogP contribution in [-0.4, -0.2) is 9.97 Å². The van der Waals surface area contributed by atoms with Gasteiger partial charge in [-0.2, -0.15) is 0 Å². The molecule has 0 amide bonds. The van der Waals surface area contributed by atoms with Crippen LogP contribution in [0.1, 0.15) is 5.56 Å². The van der Waals surface area contributed by atoms with Crippen molar-refractivity contribution >= 4 is 6.08 Å². The Bertz CT molecular complexity index is 699. The number of hydrogen-bond donors (Lipinski definition) is 0. The molecule has 3 aromatic rings. The lowest BCUT2D eigenvalue weighted by Gasteiger charge is -2.04. The Kier molecular flexibility index (Phi) is 3.38. The van der Waals surface area contributed by atoms with E-state index in [2.05, 4.69) is 46.9 Å². The maximum absolute atomic E-state index is 4.49. The van der Waals surface area contributed by atoms with Crippen molar-refractivity contribution in [1.29, 1.82) is 0 Å². The van der Waals surface area contributed by atoms with Crippen LogP contribution in [0.5, 0.6) is 0 Å². The third-order valence-corrected chi connectivity index (χ3v) is 3.17. The van der Waals surface area contributed by atoms with Crippen LogP contribution in [-0.2, 0) is 0 Å². The third-order valence-electron chi connectivity index (χ3n) is 3.17. The molecule has 0 atom stereocenters. The Balaban J connectivity index is 1.91. The molecule has 0 radical (unpaired) electrons. The van der Waals surface area contributed by atoms with Gasteiger partial charge in [-0.25, -0.2) is 0 Å². The van der Waals surface area contributed by atoms with E-state index in [9.17, 15) is 0 Å². The Labute approximate surface area is 118 Å². The molecule has 0 aliphatic heterocycles. The van der Waals surface area contributed by atoms with Gasteiger partial charge >= 0.3 is 0 Å². The Morgan fingerprint density at radius 2 is 1.50 bits per heavy atom. The van der Waals surface area contributed by atoms with Crippen molar-refractivity contribution in [3.8, 4) is 22.5 Å². The van der Waals surface area contributed by atoms with Gasteiger partial charge < -0.3 is 0 Å². The number of nitrogens with zero attached hydrogens (tertiary/aromatic N) is 2. The molecule has 2 heteroatoms. The van der Waals surface area contributed by atoms with E-state index in [1.807, 2.05) is 36.5 Å². The van der Waals surface area contributed by atoms with E-state index in [-0.39, 0.29) is 0 Å². The van der Waals surface area contributed by atoms with Crippen molar-refractivity contribution in [3.63, 3.8) is 0 Å². The van der Waals surface area contributed by atoms with Crippen LogP contribution in [0.2, 0.25) is 0 Å². The molecule has 2 heterocycles. The summed E-state index contributed by atoms with van der Waals surface area (Å²) in [5, 5.41) is 0. The zero-order chi connectivity index (χ0) is 13.8. The van der Waals surface area contributed by atoms with Gasteiger partial charge in [0.15, 0.2) is 0 Å². The molecule has 0 spiro atoms. The number of hydrogen-bond acceptors (Lipinski definition) is 2. The molecule has 96 valence electrons. The summed E-state index contributed by atoms with van der Waals surface area (Å²) in [6, 6.07) is 18.2. The van der Waals surface area contributed by atoms with Gasteiger partial charge in [0.05, 0.1) is 11.4 Å². The minimum Gasteiger partial charge on any atom is -0.255 e. The monoisotopic (exact) mass is 258 g/mol. The molecule has 0 aliphatic carbocycles. The van der Waals surface area contributed by atoms with Gasteiger partial charge in [-0.1, -0.05) is 49.1 Å². The molecule has 0 N–H and O–H groups in total. The summed E-state index contributed by atoms with van der Waals surface area (Å²) in [5.74, 6) is 0. The highest BCUT2D eigenvalue weighted by Crippen LogP contribution is 2.22. The largest absolute Gasteiger partial charge is 0.255 e. The second-order valence-corrected chi connectivity index (χ2v) is 4.47. The van der Waals surface area contributed by atoms with E-state index in [4.69, 9.17) is 0 Å². The summed E-state index contributed by atoms with van der Waals surface area (Å²) >= 11 is 0. The van der Waals surface area contributed by atoms with Crippen LogP contribution in [0, 0.1) is 0 Å². The minimum absolute atomic E-state index is 0.886. The highest BCUT2D eigenvalue weighted by atomic mass is 14.8. The van der Waals surface area contributed by atoms with Crippen LogP contribution in [0.25, 0.3) is 28.6 Å². The second-order valence-electron chi connectivity index (χ2n) is 4.47. The zero-order valence-corrected chi connectivity index (χ0v) is 11.0. The van der Waals surface area contributed by atoms with Crippen molar-refractivity contribution in [2.75, 3.05) is 0 Å². The Morgan fingerprint density at radius 3 is 2.10 bits per heavy atom. The lowest BCUT2D eigenvalue weighted by atomic mass is 10.1. The Morgan fingerprint density at radius 1 is 0.750 bits per heavy atom. The molecule has 0 aliphatic rings. The van der Waals surface area contributed by atoms with Gasteiger partial charge in [0.25, 0.3) is 0 Å². The molecule has 1 aromatic carbocycles. The number of pyridine rings is 2. The van der Waals surface area contributed by atoms with E-state index >= 15 is 0 Å². The SMILES string of the molecule is C=Cc1ccc(-c2ccc(-c3ccccn3)nc2)cc1. The summed E-state index contributed by atoms with van der Waals surface area (Å²) < 4.78 is 0. The van der Waals surface area contributed by atoms with Gasteiger partial charge in [0, 0.05) is 18.0 Å². The van der Waals surface area contributed by atoms with Crippen LogP contribution < -0.4 is 0 Å². The van der Waals surface area contributed by atoms with E-state index in [0.717, 1.165) is 28.1 Å². The number of rotatable bonds is 3. The second kappa shape index (κ2) is 5.49. The minimum atomic E-state index is 0.886. The van der Waals surface area contributed by atoms with Crippen molar-refractivity contribution in [3.05, 3.63) is 79.1 Å². The molecule has 20 heavy (non-hydrogen) atoms. The van der Waals surface area contributed by atoms with Gasteiger partial charge in [0.2, 0.25) is 0 Å². The number of benzene rings is 1. The lowest BCUT2D eigenvalue weighted by molar-refractivity contribution is 1.25. The quantitative estimate of drug-likeness (QED) is 0.693. The summed E-state index contributed by atoms with van der Waals surface area (Å²) in [4.78, 5) is 8.79. The smallest absolute Gasteiger partial charge is 0.0886 e. The normalized spacial score (nSPS) is 10.2. The zero-order valence-electron chi connectivity index (χ0n) is 11.0. The average molecular weight is 258 g/mol. The van der Waals surface area contributed by atoms with Crippen molar-refractivity contribution in [1.82, 2.24) is 9.97 Å². The predicted molar refractivity (Wildman–Crippen MR) is 83.0 cm³/mol. The fraction of sp³-hybridized carbons (Fsp3) is 0. The van der Waals surface area contributed by atoms with Crippen LogP contribution in [0.4, 0.5) is 0 Å². The topological polar surface area (TPSA) is 25.8 Å². The average Bonchev–Trinajstić information content (AvgIpc) is 2.56. The maximum atomic E-state index is 4.49. The predicted octanol–water partition coefficient (Wildman–Crippen LogP) is 4.45. The van der Waals surface area contributed by atoms with E-state index in [0.29, 0.717) is 0 Å². The summed E-state index contributed by atoms with van der Waals surface area (Å²) in [5.41, 5.74) is 5.14. The van der Waals surface area contributed by atoms with Gasteiger partial charge in [0.1, 0.15) is 0 Å². The molecule has 3 rings (SSSR count). The lowest BCUT2D eigenvalue weighted by Crippen LogP contribution is -1.87. The van der Waals surface area contributed by atoms with Gasteiger partial charge in [-0.3, -0.25) is 9.97 Å². The molecule has 0 saturated carbocycles. The van der Waals surface area contributed by atoms with Crippen LogP contribution in [0.3, 0.4) is 0 Å².